The van der Waals surface area contributed by atoms with E-state index in [9.17, 15) is 8.78 Å². The van der Waals surface area contributed by atoms with E-state index in [4.69, 9.17) is 4.74 Å². The number of morpholine rings is 1. The standard InChI is InChI=1S/C10H17F2NO/c11-10(12)3-1-8(2-4-10)9-7-14-6-5-13-9/h8-9,13H,1-7H2. The molecule has 2 fully saturated rings. The normalized spacial score (nSPS) is 34.3. The van der Waals surface area contributed by atoms with E-state index in [2.05, 4.69) is 5.32 Å². The zero-order chi connectivity index (χ0) is 10.0. The molecule has 1 saturated carbocycles. The highest BCUT2D eigenvalue weighted by Gasteiger charge is 2.37. The predicted molar refractivity (Wildman–Crippen MR) is 49.5 cm³/mol. The predicted octanol–water partition coefficient (Wildman–Crippen LogP) is 1.80. The van der Waals surface area contributed by atoms with E-state index in [1.165, 1.54) is 0 Å². The van der Waals surface area contributed by atoms with Crippen molar-refractivity contribution < 1.29 is 13.5 Å². The maximum atomic E-state index is 12.9. The molecule has 0 amide bonds. The van der Waals surface area contributed by atoms with Crippen molar-refractivity contribution in [3.63, 3.8) is 0 Å². The number of hydrogen-bond donors (Lipinski definition) is 1. The molecule has 0 aromatic heterocycles. The quantitative estimate of drug-likeness (QED) is 0.704. The monoisotopic (exact) mass is 205 g/mol. The van der Waals surface area contributed by atoms with Gasteiger partial charge in [-0.25, -0.2) is 8.78 Å². The Morgan fingerprint density at radius 1 is 1.21 bits per heavy atom. The van der Waals surface area contributed by atoms with Crippen molar-refractivity contribution in [3.05, 3.63) is 0 Å². The second kappa shape index (κ2) is 4.11. The molecule has 1 aliphatic heterocycles. The van der Waals surface area contributed by atoms with Crippen LogP contribution < -0.4 is 5.32 Å². The Bertz CT molecular complexity index is 183. The summed E-state index contributed by atoms with van der Waals surface area (Å²) >= 11 is 0. The van der Waals surface area contributed by atoms with Gasteiger partial charge in [-0.15, -0.1) is 0 Å². The van der Waals surface area contributed by atoms with Crippen LogP contribution >= 0.6 is 0 Å². The Kier molecular flexibility index (Phi) is 3.02. The maximum absolute atomic E-state index is 12.9. The Morgan fingerprint density at radius 3 is 2.50 bits per heavy atom. The van der Waals surface area contributed by atoms with Gasteiger partial charge in [-0.1, -0.05) is 0 Å². The van der Waals surface area contributed by atoms with Crippen LogP contribution in [0, 0.1) is 5.92 Å². The molecule has 1 unspecified atom stereocenters. The molecule has 4 heteroatoms. The topological polar surface area (TPSA) is 21.3 Å². The average Bonchev–Trinajstić information content (AvgIpc) is 2.19. The second-order valence-electron chi connectivity index (χ2n) is 4.33. The van der Waals surface area contributed by atoms with E-state index < -0.39 is 5.92 Å². The van der Waals surface area contributed by atoms with Crippen LogP contribution in [0.2, 0.25) is 0 Å². The van der Waals surface area contributed by atoms with Crippen LogP contribution in [0.25, 0.3) is 0 Å². The third-order valence-electron chi connectivity index (χ3n) is 3.28. The molecule has 0 aromatic carbocycles. The SMILES string of the molecule is FC1(F)CCC(C2COCCN2)CC1. The van der Waals surface area contributed by atoms with Crippen molar-refractivity contribution in [2.24, 2.45) is 5.92 Å². The van der Waals surface area contributed by atoms with Gasteiger partial charge in [0.05, 0.1) is 13.2 Å². The van der Waals surface area contributed by atoms with Gasteiger partial charge in [-0.05, 0) is 18.8 Å². The summed E-state index contributed by atoms with van der Waals surface area (Å²) in [5.41, 5.74) is 0. The van der Waals surface area contributed by atoms with Gasteiger partial charge < -0.3 is 10.1 Å². The van der Waals surface area contributed by atoms with Gasteiger partial charge in [0.15, 0.2) is 0 Å². The summed E-state index contributed by atoms with van der Waals surface area (Å²) in [4.78, 5) is 0. The fourth-order valence-electron chi connectivity index (χ4n) is 2.35. The van der Waals surface area contributed by atoms with Crippen molar-refractivity contribution in [2.45, 2.75) is 37.6 Å². The lowest BCUT2D eigenvalue weighted by Crippen LogP contribution is -2.47. The van der Waals surface area contributed by atoms with Gasteiger partial charge in [0, 0.05) is 25.4 Å². The number of alkyl halides is 2. The van der Waals surface area contributed by atoms with Crippen LogP contribution in [-0.4, -0.2) is 31.7 Å². The highest BCUT2D eigenvalue weighted by Crippen LogP contribution is 2.37. The Balaban J connectivity index is 1.82. The van der Waals surface area contributed by atoms with E-state index in [0.717, 1.165) is 13.2 Å². The fourth-order valence-corrected chi connectivity index (χ4v) is 2.35. The van der Waals surface area contributed by atoms with E-state index in [-0.39, 0.29) is 12.8 Å². The highest BCUT2D eigenvalue weighted by molar-refractivity contribution is 4.85. The van der Waals surface area contributed by atoms with E-state index in [1.807, 2.05) is 0 Å². The maximum Gasteiger partial charge on any atom is 0.248 e. The molecule has 82 valence electrons. The minimum Gasteiger partial charge on any atom is -0.379 e. The molecule has 2 aliphatic rings. The zero-order valence-electron chi connectivity index (χ0n) is 8.27. The summed E-state index contributed by atoms with van der Waals surface area (Å²) in [7, 11) is 0. The summed E-state index contributed by atoms with van der Waals surface area (Å²) < 4.78 is 31.1. The first-order valence-corrected chi connectivity index (χ1v) is 5.36. The third-order valence-corrected chi connectivity index (χ3v) is 3.28. The molecule has 1 saturated heterocycles. The minimum absolute atomic E-state index is 0.0514. The Labute approximate surface area is 83.0 Å². The van der Waals surface area contributed by atoms with Gasteiger partial charge in [0.1, 0.15) is 0 Å². The molecule has 2 rings (SSSR count). The van der Waals surface area contributed by atoms with Gasteiger partial charge in [-0.3, -0.25) is 0 Å². The van der Waals surface area contributed by atoms with Crippen LogP contribution in [0.3, 0.4) is 0 Å². The van der Waals surface area contributed by atoms with Crippen LogP contribution in [0.1, 0.15) is 25.7 Å². The van der Waals surface area contributed by atoms with Crippen LogP contribution in [-0.2, 0) is 4.74 Å². The minimum atomic E-state index is -2.41. The molecule has 14 heavy (non-hydrogen) atoms. The van der Waals surface area contributed by atoms with Gasteiger partial charge in [-0.2, -0.15) is 0 Å². The molecule has 1 aliphatic carbocycles. The van der Waals surface area contributed by atoms with Crippen molar-refractivity contribution >= 4 is 0 Å². The molecule has 0 radical (unpaired) electrons. The Morgan fingerprint density at radius 2 is 1.93 bits per heavy atom. The molecule has 0 aromatic rings. The number of hydrogen-bond acceptors (Lipinski definition) is 2. The third kappa shape index (κ3) is 2.42. The van der Waals surface area contributed by atoms with E-state index >= 15 is 0 Å². The molecule has 1 atom stereocenters. The molecule has 0 spiro atoms. The van der Waals surface area contributed by atoms with E-state index in [0.29, 0.717) is 31.4 Å². The molecule has 0 bridgehead atoms. The van der Waals surface area contributed by atoms with Crippen LogP contribution in [0.4, 0.5) is 8.78 Å². The largest absolute Gasteiger partial charge is 0.379 e. The van der Waals surface area contributed by atoms with Crippen molar-refractivity contribution in [1.29, 1.82) is 0 Å². The summed E-state index contributed by atoms with van der Waals surface area (Å²) in [6.07, 6.45) is 1.37. The van der Waals surface area contributed by atoms with E-state index in [1.54, 1.807) is 0 Å². The number of nitrogens with one attached hydrogen (secondary N) is 1. The number of halogens is 2. The van der Waals surface area contributed by atoms with Gasteiger partial charge in [0.2, 0.25) is 5.92 Å². The second-order valence-corrected chi connectivity index (χ2v) is 4.33. The lowest BCUT2D eigenvalue weighted by molar-refractivity contribution is -0.0570. The number of rotatable bonds is 1. The van der Waals surface area contributed by atoms with Gasteiger partial charge >= 0.3 is 0 Å². The van der Waals surface area contributed by atoms with Crippen molar-refractivity contribution in [3.8, 4) is 0 Å². The zero-order valence-corrected chi connectivity index (χ0v) is 8.27. The number of ether oxygens (including phenoxy) is 1. The lowest BCUT2D eigenvalue weighted by atomic mass is 9.82. The fraction of sp³-hybridized carbons (Fsp3) is 1.00. The molecular formula is C10H17F2NO. The van der Waals surface area contributed by atoms with Crippen LogP contribution in [0.5, 0.6) is 0 Å². The highest BCUT2D eigenvalue weighted by atomic mass is 19.3. The first-order chi connectivity index (χ1) is 6.67. The Hall–Kier alpha value is -0.220. The molecule has 1 heterocycles. The summed E-state index contributed by atoms with van der Waals surface area (Å²) in [5.74, 6) is -2.03. The van der Waals surface area contributed by atoms with Crippen LogP contribution in [0.15, 0.2) is 0 Å². The summed E-state index contributed by atoms with van der Waals surface area (Å²) in [6.45, 7) is 2.30. The van der Waals surface area contributed by atoms with Gasteiger partial charge in [0.25, 0.3) is 0 Å². The first-order valence-electron chi connectivity index (χ1n) is 5.36. The van der Waals surface area contributed by atoms with Crippen molar-refractivity contribution in [1.82, 2.24) is 5.32 Å². The lowest BCUT2D eigenvalue weighted by Gasteiger charge is -2.36. The average molecular weight is 205 g/mol. The summed E-state index contributed by atoms with van der Waals surface area (Å²) in [5, 5.41) is 3.35. The molecular weight excluding hydrogens is 188 g/mol. The molecule has 1 N–H and O–H groups in total. The molecule has 2 nitrogen and oxygen atoms in total. The smallest absolute Gasteiger partial charge is 0.248 e. The summed E-state index contributed by atoms with van der Waals surface area (Å²) in [6, 6.07) is 0.305. The first kappa shape index (κ1) is 10.3. The van der Waals surface area contributed by atoms with Crippen molar-refractivity contribution in [2.75, 3.05) is 19.8 Å².